The Bertz CT molecular complexity index is 354. The van der Waals surface area contributed by atoms with Gasteiger partial charge in [-0.2, -0.15) is 0 Å². The monoisotopic (exact) mass is 242 g/mol. The molecule has 0 aliphatic rings. The van der Waals surface area contributed by atoms with E-state index in [1.165, 1.54) is 6.33 Å². The van der Waals surface area contributed by atoms with Crippen LogP contribution >= 0.6 is 11.6 Å². The molecule has 0 radical (unpaired) electrons. The number of hydrogen-bond acceptors (Lipinski definition) is 4. The predicted octanol–water partition coefficient (Wildman–Crippen LogP) is 2.58. The minimum atomic E-state index is 0.314. The SMILES string of the molecule is CC(C)CC(C)N(C)c1ncnc(Cl)c1N. The van der Waals surface area contributed by atoms with Crippen LogP contribution in [0.5, 0.6) is 0 Å². The number of rotatable bonds is 4. The molecule has 4 nitrogen and oxygen atoms in total. The highest BCUT2D eigenvalue weighted by molar-refractivity contribution is 6.32. The minimum absolute atomic E-state index is 0.314. The molecule has 2 N–H and O–H groups in total. The van der Waals surface area contributed by atoms with Crippen molar-refractivity contribution in [3.8, 4) is 0 Å². The second kappa shape index (κ2) is 5.34. The van der Waals surface area contributed by atoms with Gasteiger partial charge in [0.2, 0.25) is 0 Å². The molecule has 1 aromatic heterocycles. The molecule has 1 unspecified atom stereocenters. The summed E-state index contributed by atoms with van der Waals surface area (Å²) in [6, 6.07) is 0.369. The maximum absolute atomic E-state index is 5.87. The number of aromatic nitrogens is 2. The lowest BCUT2D eigenvalue weighted by Gasteiger charge is -2.28. The van der Waals surface area contributed by atoms with Crippen LogP contribution in [0.25, 0.3) is 0 Å². The molecule has 5 heteroatoms. The molecule has 0 aromatic carbocycles. The van der Waals surface area contributed by atoms with Crippen molar-refractivity contribution in [3.05, 3.63) is 11.5 Å². The Morgan fingerprint density at radius 2 is 2.00 bits per heavy atom. The number of hydrogen-bond donors (Lipinski definition) is 1. The molecule has 0 spiro atoms. The van der Waals surface area contributed by atoms with Gasteiger partial charge in [0.25, 0.3) is 0 Å². The van der Waals surface area contributed by atoms with Gasteiger partial charge in [0.15, 0.2) is 11.0 Å². The summed E-state index contributed by atoms with van der Waals surface area (Å²) in [6.45, 7) is 6.54. The summed E-state index contributed by atoms with van der Waals surface area (Å²) >= 11 is 5.87. The largest absolute Gasteiger partial charge is 0.393 e. The predicted molar refractivity (Wildman–Crippen MR) is 68.8 cm³/mol. The summed E-state index contributed by atoms with van der Waals surface area (Å²) < 4.78 is 0. The molecule has 0 amide bonds. The fourth-order valence-corrected chi connectivity index (χ4v) is 1.82. The molecule has 0 aliphatic heterocycles. The van der Waals surface area contributed by atoms with Crippen molar-refractivity contribution in [2.75, 3.05) is 17.7 Å². The Balaban J connectivity index is 2.87. The third-order valence-electron chi connectivity index (χ3n) is 2.62. The zero-order valence-corrected chi connectivity index (χ0v) is 11.0. The van der Waals surface area contributed by atoms with Gasteiger partial charge in [-0.1, -0.05) is 25.4 Å². The van der Waals surface area contributed by atoms with E-state index in [0.29, 0.717) is 28.6 Å². The highest BCUT2D eigenvalue weighted by Crippen LogP contribution is 2.27. The van der Waals surface area contributed by atoms with E-state index < -0.39 is 0 Å². The smallest absolute Gasteiger partial charge is 0.157 e. The van der Waals surface area contributed by atoms with E-state index in [-0.39, 0.29) is 0 Å². The van der Waals surface area contributed by atoms with Crippen LogP contribution in [-0.4, -0.2) is 23.1 Å². The number of nitrogens with zero attached hydrogens (tertiary/aromatic N) is 3. The molecule has 1 aromatic rings. The number of nitrogen functional groups attached to an aromatic ring is 1. The number of halogens is 1. The normalized spacial score (nSPS) is 12.9. The summed E-state index contributed by atoms with van der Waals surface area (Å²) in [6.07, 6.45) is 2.52. The third-order valence-corrected chi connectivity index (χ3v) is 2.92. The highest BCUT2D eigenvalue weighted by atomic mass is 35.5. The van der Waals surface area contributed by atoms with E-state index in [1.54, 1.807) is 0 Å². The molecule has 0 bridgehead atoms. The van der Waals surface area contributed by atoms with Crippen molar-refractivity contribution in [1.82, 2.24) is 9.97 Å². The zero-order chi connectivity index (χ0) is 12.3. The van der Waals surface area contributed by atoms with Crippen LogP contribution in [-0.2, 0) is 0 Å². The van der Waals surface area contributed by atoms with Gasteiger partial charge in [0, 0.05) is 13.1 Å². The molecule has 90 valence electrons. The Hall–Kier alpha value is -1.03. The summed E-state index contributed by atoms with van der Waals surface area (Å²) in [5.74, 6) is 1.34. The van der Waals surface area contributed by atoms with Gasteiger partial charge in [-0.15, -0.1) is 0 Å². The van der Waals surface area contributed by atoms with Gasteiger partial charge >= 0.3 is 0 Å². The molecule has 0 aliphatic carbocycles. The van der Waals surface area contributed by atoms with E-state index in [4.69, 9.17) is 17.3 Å². The fraction of sp³-hybridized carbons (Fsp3) is 0.636. The summed E-state index contributed by atoms with van der Waals surface area (Å²) in [7, 11) is 1.97. The van der Waals surface area contributed by atoms with Crippen LogP contribution in [0.1, 0.15) is 27.2 Å². The second-order valence-corrected chi connectivity index (χ2v) is 4.85. The molecule has 1 heterocycles. The van der Waals surface area contributed by atoms with Crippen LogP contribution in [0.4, 0.5) is 11.5 Å². The summed E-state index contributed by atoms with van der Waals surface area (Å²) in [4.78, 5) is 10.1. The van der Waals surface area contributed by atoms with Gasteiger partial charge in [-0.05, 0) is 19.3 Å². The second-order valence-electron chi connectivity index (χ2n) is 4.49. The Labute approximate surface area is 102 Å². The number of anilines is 2. The molecule has 1 atom stereocenters. The molecule has 1 rings (SSSR count). The third kappa shape index (κ3) is 2.98. The quantitative estimate of drug-likeness (QED) is 0.825. The zero-order valence-electron chi connectivity index (χ0n) is 10.2. The van der Waals surface area contributed by atoms with Crippen molar-refractivity contribution in [2.24, 2.45) is 5.92 Å². The molecule has 0 saturated heterocycles. The Morgan fingerprint density at radius 3 is 2.56 bits per heavy atom. The summed E-state index contributed by atoms with van der Waals surface area (Å²) in [5, 5.41) is 0.314. The van der Waals surface area contributed by atoms with E-state index >= 15 is 0 Å². The maximum atomic E-state index is 5.87. The van der Waals surface area contributed by atoms with Crippen molar-refractivity contribution in [1.29, 1.82) is 0 Å². The van der Waals surface area contributed by atoms with Gasteiger partial charge in [0.05, 0.1) is 0 Å². The summed E-state index contributed by atoms with van der Waals surface area (Å²) in [5.41, 5.74) is 6.30. The van der Waals surface area contributed by atoms with Crippen LogP contribution < -0.4 is 10.6 Å². The average Bonchev–Trinajstić information content (AvgIpc) is 2.20. The molecule has 16 heavy (non-hydrogen) atoms. The van der Waals surface area contributed by atoms with Crippen LogP contribution in [0.3, 0.4) is 0 Å². The molecular weight excluding hydrogens is 224 g/mol. The Morgan fingerprint density at radius 1 is 1.38 bits per heavy atom. The first-order valence-corrected chi connectivity index (χ1v) is 5.80. The van der Waals surface area contributed by atoms with Crippen LogP contribution in [0.15, 0.2) is 6.33 Å². The first kappa shape index (κ1) is 13.0. The molecule has 0 fully saturated rings. The standard InChI is InChI=1S/C11H19ClN4/c1-7(2)5-8(3)16(4)11-9(13)10(12)14-6-15-11/h6-8H,5,13H2,1-4H3. The lowest BCUT2D eigenvalue weighted by Crippen LogP contribution is -2.31. The van der Waals surface area contributed by atoms with Crippen molar-refractivity contribution >= 4 is 23.1 Å². The first-order valence-electron chi connectivity index (χ1n) is 5.42. The highest BCUT2D eigenvalue weighted by Gasteiger charge is 2.16. The first-order chi connectivity index (χ1) is 7.43. The van der Waals surface area contributed by atoms with Crippen molar-refractivity contribution in [3.63, 3.8) is 0 Å². The van der Waals surface area contributed by atoms with E-state index in [9.17, 15) is 0 Å². The van der Waals surface area contributed by atoms with Crippen LogP contribution in [0.2, 0.25) is 5.15 Å². The number of nitrogens with two attached hydrogens (primary N) is 1. The van der Waals surface area contributed by atoms with E-state index in [2.05, 4.69) is 30.7 Å². The van der Waals surface area contributed by atoms with E-state index in [1.807, 2.05) is 11.9 Å². The minimum Gasteiger partial charge on any atom is -0.393 e. The lowest BCUT2D eigenvalue weighted by atomic mass is 10.0. The lowest BCUT2D eigenvalue weighted by molar-refractivity contribution is 0.502. The van der Waals surface area contributed by atoms with Gasteiger partial charge < -0.3 is 10.6 Å². The van der Waals surface area contributed by atoms with Crippen LogP contribution in [0, 0.1) is 5.92 Å². The van der Waals surface area contributed by atoms with Crippen molar-refractivity contribution < 1.29 is 0 Å². The topological polar surface area (TPSA) is 55.0 Å². The molecule has 0 saturated carbocycles. The fourth-order valence-electron chi connectivity index (χ4n) is 1.70. The average molecular weight is 243 g/mol. The van der Waals surface area contributed by atoms with Gasteiger partial charge in [-0.3, -0.25) is 0 Å². The Kier molecular flexibility index (Phi) is 4.35. The maximum Gasteiger partial charge on any atom is 0.157 e. The van der Waals surface area contributed by atoms with Gasteiger partial charge in [-0.25, -0.2) is 9.97 Å². The van der Waals surface area contributed by atoms with Gasteiger partial charge in [0.1, 0.15) is 12.0 Å². The molecular formula is C11H19ClN4. The van der Waals surface area contributed by atoms with E-state index in [0.717, 1.165) is 6.42 Å². The van der Waals surface area contributed by atoms with Crippen molar-refractivity contribution in [2.45, 2.75) is 33.2 Å².